The van der Waals surface area contributed by atoms with E-state index in [0.29, 0.717) is 22.0 Å². The largest absolute Gasteiger partial charge is 0.273 e. The quantitative estimate of drug-likeness (QED) is 0.802. The van der Waals surface area contributed by atoms with E-state index in [9.17, 15) is 8.42 Å². The standard InChI is InChI=1S/C14H13BrN2O2S2/c1-3-17(12-6-4-11(9-16)5-7-12)21(18,19)13-8-10(2)14(15)20-13/h4-8H,3H2,1-2H3. The van der Waals surface area contributed by atoms with Crippen molar-refractivity contribution >= 4 is 43.0 Å². The van der Waals surface area contributed by atoms with Crippen LogP contribution in [0.3, 0.4) is 0 Å². The molecule has 1 heterocycles. The van der Waals surface area contributed by atoms with Crippen molar-refractivity contribution in [2.45, 2.75) is 18.1 Å². The number of nitrogens with zero attached hydrogens (tertiary/aromatic N) is 2. The SMILES string of the molecule is CCN(c1ccc(C#N)cc1)S(=O)(=O)c1cc(C)c(Br)s1. The van der Waals surface area contributed by atoms with Crippen LogP contribution >= 0.6 is 27.3 Å². The van der Waals surface area contributed by atoms with Crippen LogP contribution in [0.1, 0.15) is 18.1 Å². The number of hydrogen-bond acceptors (Lipinski definition) is 4. The van der Waals surface area contributed by atoms with Crippen molar-refractivity contribution < 1.29 is 8.42 Å². The Morgan fingerprint density at radius 2 is 1.95 bits per heavy atom. The van der Waals surface area contributed by atoms with Gasteiger partial charge in [-0.25, -0.2) is 8.42 Å². The van der Waals surface area contributed by atoms with Crippen LogP contribution in [0.4, 0.5) is 5.69 Å². The van der Waals surface area contributed by atoms with Crippen molar-refractivity contribution in [3.63, 3.8) is 0 Å². The summed E-state index contributed by atoms with van der Waals surface area (Å²) >= 11 is 4.56. The summed E-state index contributed by atoms with van der Waals surface area (Å²) in [5.74, 6) is 0. The van der Waals surface area contributed by atoms with Crippen LogP contribution < -0.4 is 4.31 Å². The lowest BCUT2D eigenvalue weighted by Gasteiger charge is -2.22. The molecule has 0 atom stereocenters. The summed E-state index contributed by atoms with van der Waals surface area (Å²) in [5.41, 5.74) is 1.95. The van der Waals surface area contributed by atoms with Gasteiger partial charge in [0.25, 0.3) is 10.0 Å². The molecule has 0 radical (unpaired) electrons. The van der Waals surface area contributed by atoms with Gasteiger partial charge in [-0.1, -0.05) is 0 Å². The van der Waals surface area contributed by atoms with Crippen LogP contribution in [0.2, 0.25) is 0 Å². The van der Waals surface area contributed by atoms with Crippen molar-refractivity contribution in [1.29, 1.82) is 5.26 Å². The van der Waals surface area contributed by atoms with Gasteiger partial charge < -0.3 is 0 Å². The summed E-state index contributed by atoms with van der Waals surface area (Å²) in [7, 11) is -3.59. The molecule has 0 bridgehead atoms. The summed E-state index contributed by atoms with van der Waals surface area (Å²) < 4.78 is 27.9. The minimum absolute atomic E-state index is 0.304. The average molecular weight is 385 g/mol. The van der Waals surface area contributed by atoms with E-state index in [1.165, 1.54) is 15.6 Å². The van der Waals surface area contributed by atoms with Crippen LogP contribution in [0.15, 0.2) is 38.3 Å². The maximum atomic E-state index is 12.7. The summed E-state index contributed by atoms with van der Waals surface area (Å²) in [6.45, 7) is 3.96. The zero-order valence-electron chi connectivity index (χ0n) is 11.5. The minimum atomic E-state index is -3.59. The normalized spacial score (nSPS) is 11.1. The Hall–Kier alpha value is -1.36. The Morgan fingerprint density at radius 3 is 2.38 bits per heavy atom. The van der Waals surface area contributed by atoms with Gasteiger partial charge in [-0.15, -0.1) is 11.3 Å². The second kappa shape index (κ2) is 6.18. The number of halogens is 1. The molecule has 2 aromatic rings. The molecule has 0 saturated carbocycles. The van der Waals surface area contributed by atoms with E-state index in [1.54, 1.807) is 37.3 Å². The number of rotatable bonds is 4. The van der Waals surface area contributed by atoms with E-state index >= 15 is 0 Å². The molecule has 1 aromatic carbocycles. The highest BCUT2D eigenvalue weighted by Crippen LogP contribution is 2.33. The van der Waals surface area contributed by atoms with Crippen LogP contribution in [0, 0.1) is 18.3 Å². The van der Waals surface area contributed by atoms with Gasteiger partial charge >= 0.3 is 0 Å². The first-order chi connectivity index (χ1) is 9.90. The third-order valence-corrected chi connectivity index (χ3v) is 7.44. The molecule has 0 N–H and O–H groups in total. The van der Waals surface area contributed by atoms with Crippen molar-refractivity contribution in [1.82, 2.24) is 0 Å². The molecule has 0 saturated heterocycles. The van der Waals surface area contributed by atoms with E-state index < -0.39 is 10.0 Å². The summed E-state index contributed by atoms with van der Waals surface area (Å²) in [6, 6.07) is 10.2. The molecular formula is C14H13BrN2O2S2. The fraction of sp³-hybridized carbons (Fsp3) is 0.214. The van der Waals surface area contributed by atoms with Gasteiger partial charge in [0.2, 0.25) is 0 Å². The summed E-state index contributed by atoms with van der Waals surface area (Å²) in [5, 5.41) is 8.81. The molecule has 2 rings (SSSR count). The Kier molecular flexibility index (Phi) is 4.71. The smallest absolute Gasteiger partial charge is 0.266 e. The van der Waals surface area contributed by atoms with Crippen LogP contribution in [0.5, 0.6) is 0 Å². The maximum Gasteiger partial charge on any atom is 0.273 e. The fourth-order valence-electron chi connectivity index (χ4n) is 1.86. The second-order valence-corrected chi connectivity index (χ2v) is 8.81. The molecule has 0 unspecified atom stereocenters. The van der Waals surface area contributed by atoms with Gasteiger partial charge in [-0.2, -0.15) is 5.26 Å². The topological polar surface area (TPSA) is 61.2 Å². The first-order valence-corrected chi connectivity index (χ1v) is 9.24. The third kappa shape index (κ3) is 3.12. The lowest BCUT2D eigenvalue weighted by atomic mass is 10.2. The lowest BCUT2D eigenvalue weighted by molar-refractivity contribution is 0.594. The molecule has 0 aliphatic rings. The van der Waals surface area contributed by atoms with Gasteiger partial charge in [-0.05, 0) is 65.7 Å². The number of hydrogen-bond donors (Lipinski definition) is 0. The minimum Gasteiger partial charge on any atom is -0.266 e. The Bertz CT molecular complexity index is 770. The van der Waals surface area contributed by atoms with E-state index in [4.69, 9.17) is 5.26 Å². The zero-order chi connectivity index (χ0) is 15.6. The fourth-order valence-corrected chi connectivity index (χ4v) is 5.68. The molecule has 0 amide bonds. The highest BCUT2D eigenvalue weighted by atomic mass is 79.9. The highest BCUT2D eigenvalue weighted by Gasteiger charge is 2.26. The molecule has 7 heteroatoms. The summed E-state index contributed by atoms with van der Waals surface area (Å²) in [4.78, 5) is 0. The molecule has 0 fully saturated rings. The van der Waals surface area contributed by atoms with Gasteiger partial charge in [0.15, 0.2) is 0 Å². The van der Waals surface area contributed by atoms with Crippen LogP contribution in [0.25, 0.3) is 0 Å². The Morgan fingerprint density at radius 1 is 1.33 bits per heavy atom. The highest BCUT2D eigenvalue weighted by molar-refractivity contribution is 9.11. The number of aryl methyl sites for hydroxylation is 1. The summed E-state index contributed by atoms with van der Waals surface area (Å²) in [6.07, 6.45) is 0. The first-order valence-electron chi connectivity index (χ1n) is 6.19. The van der Waals surface area contributed by atoms with E-state index in [2.05, 4.69) is 15.9 Å². The monoisotopic (exact) mass is 384 g/mol. The molecule has 21 heavy (non-hydrogen) atoms. The average Bonchev–Trinajstić information content (AvgIpc) is 2.81. The predicted octanol–water partition coefficient (Wildman–Crippen LogP) is 3.91. The molecule has 0 aliphatic carbocycles. The maximum absolute atomic E-state index is 12.7. The molecule has 1 aromatic heterocycles. The Balaban J connectivity index is 2.46. The van der Waals surface area contributed by atoms with Crippen molar-refractivity contribution in [3.8, 4) is 6.07 Å². The predicted molar refractivity (Wildman–Crippen MR) is 88.1 cm³/mol. The molecular weight excluding hydrogens is 372 g/mol. The third-order valence-electron chi connectivity index (χ3n) is 2.95. The molecule has 4 nitrogen and oxygen atoms in total. The first kappa shape index (κ1) is 16.0. The van der Waals surface area contributed by atoms with Gasteiger partial charge in [0, 0.05) is 6.54 Å². The van der Waals surface area contributed by atoms with Crippen LogP contribution in [-0.4, -0.2) is 15.0 Å². The van der Waals surface area contributed by atoms with Gasteiger partial charge in [-0.3, -0.25) is 4.31 Å². The number of anilines is 1. The molecule has 110 valence electrons. The van der Waals surface area contributed by atoms with Crippen molar-refractivity contribution in [3.05, 3.63) is 45.2 Å². The Labute approximate surface area is 136 Å². The van der Waals surface area contributed by atoms with Crippen molar-refractivity contribution in [2.24, 2.45) is 0 Å². The lowest BCUT2D eigenvalue weighted by Crippen LogP contribution is -2.30. The number of benzene rings is 1. The number of thiophene rings is 1. The molecule has 0 aliphatic heterocycles. The molecule has 0 spiro atoms. The van der Waals surface area contributed by atoms with Crippen LogP contribution in [-0.2, 0) is 10.0 Å². The second-order valence-electron chi connectivity index (χ2n) is 4.35. The number of nitriles is 1. The van der Waals surface area contributed by atoms with E-state index in [1.807, 2.05) is 13.0 Å². The van der Waals surface area contributed by atoms with Crippen molar-refractivity contribution in [2.75, 3.05) is 10.8 Å². The zero-order valence-corrected chi connectivity index (χ0v) is 14.7. The van der Waals surface area contributed by atoms with Gasteiger partial charge in [0.05, 0.1) is 21.1 Å². The van der Waals surface area contributed by atoms with Gasteiger partial charge in [0.1, 0.15) is 4.21 Å². The van der Waals surface area contributed by atoms with E-state index in [0.717, 1.165) is 9.35 Å². The van der Waals surface area contributed by atoms with E-state index in [-0.39, 0.29) is 0 Å². The number of sulfonamides is 1.